The van der Waals surface area contributed by atoms with Crippen molar-refractivity contribution in [1.29, 1.82) is 0 Å². The van der Waals surface area contributed by atoms with Crippen LogP contribution in [0.4, 0.5) is 0 Å². The third-order valence-corrected chi connectivity index (χ3v) is 3.92. The van der Waals surface area contributed by atoms with E-state index in [1.807, 2.05) is 29.1 Å². The number of aromatic nitrogens is 3. The summed E-state index contributed by atoms with van der Waals surface area (Å²) < 4.78 is 7.13. The number of rotatable bonds is 3. The molecule has 0 bridgehead atoms. The van der Waals surface area contributed by atoms with Gasteiger partial charge in [-0.05, 0) is 24.5 Å². The Morgan fingerprint density at radius 3 is 2.60 bits per heavy atom. The normalized spacial score (nSPS) is 13.3. The molecule has 1 aromatic heterocycles. The molecule has 20 heavy (non-hydrogen) atoms. The molecule has 0 saturated heterocycles. The number of halogens is 1. The van der Waals surface area contributed by atoms with Gasteiger partial charge in [0.2, 0.25) is 0 Å². The first-order valence-electron chi connectivity index (χ1n) is 6.58. The minimum atomic E-state index is 0.128. The van der Waals surface area contributed by atoms with E-state index < -0.39 is 0 Å². The zero-order chi connectivity index (χ0) is 14.9. The Hall–Kier alpha value is -1.55. The van der Waals surface area contributed by atoms with Gasteiger partial charge in [0.1, 0.15) is 11.4 Å². The van der Waals surface area contributed by atoms with Crippen molar-refractivity contribution in [2.45, 2.75) is 33.7 Å². The maximum Gasteiger partial charge on any atom is 0.138 e. The summed E-state index contributed by atoms with van der Waals surface area (Å²) in [6.07, 6.45) is 1.96. The summed E-state index contributed by atoms with van der Waals surface area (Å²) >= 11 is 6.03. The van der Waals surface area contributed by atoms with Crippen LogP contribution < -0.4 is 4.74 Å². The molecule has 1 heterocycles. The number of benzene rings is 1. The fourth-order valence-electron chi connectivity index (χ4n) is 1.81. The highest BCUT2D eigenvalue weighted by Crippen LogP contribution is 2.32. The highest BCUT2D eigenvalue weighted by atomic mass is 35.5. The minimum absolute atomic E-state index is 0.128. The quantitative estimate of drug-likeness (QED) is 0.851. The second kappa shape index (κ2) is 5.44. The average Bonchev–Trinajstić information content (AvgIpc) is 2.86. The van der Waals surface area contributed by atoms with E-state index >= 15 is 0 Å². The van der Waals surface area contributed by atoms with Crippen molar-refractivity contribution in [1.82, 2.24) is 15.0 Å². The second-order valence-electron chi connectivity index (χ2n) is 5.98. The van der Waals surface area contributed by atoms with E-state index in [9.17, 15) is 0 Å². The summed E-state index contributed by atoms with van der Waals surface area (Å²) in [4.78, 5) is 0. The van der Waals surface area contributed by atoms with Gasteiger partial charge in [-0.15, -0.1) is 5.10 Å². The Labute approximate surface area is 124 Å². The molecule has 0 amide bonds. The van der Waals surface area contributed by atoms with E-state index in [2.05, 4.69) is 38.0 Å². The van der Waals surface area contributed by atoms with E-state index in [0.29, 0.717) is 10.8 Å². The van der Waals surface area contributed by atoms with Crippen molar-refractivity contribution in [2.24, 2.45) is 5.41 Å². The maximum absolute atomic E-state index is 6.03. The lowest BCUT2D eigenvalue weighted by atomic mass is 9.88. The first-order chi connectivity index (χ1) is 9.32. The summed E-state index contributed by atoms with van der Waals surface area (Å²) in [5, 5.41) is 9.06. The minimum Gasteiger partial charge on any atom is -0.495 e. The highest BCUT2D eigenvalue weighted by Gasteiger charge is 2.23. The van der Waals surface area contributed by atoms with Crippen LogP contribution in [0.15, 0.2) is 24.4 Å². The molecule has 0 unspecified atom stereocenters. The predicted octanol–water partition coefficient (Wildman–Crippen LogP) is 4.21. The van der Waals surface area contributed by atoms with Crippen LogP contribution in [-0.4, -0.2) is 22.1 Å². The van der Waals surface area contributed by atoms with Crippen molar-refractivity contribution in [3.05, 3.63) is 29.4 Å². The molecule has 0 fully saturated rings. The third-order valence-electron chi connectivity index (χ3n) is 3.61. The molecule has 0 aliphatic heterocycles. The van der Waals surface area contributed by atoms with Gasteiger partial charge in [0, 0.05) is 5.56 Å². The molecule has 0 saturated carbocycles. The topological polar surface area (TPSA) is 39.9 Å². The van der Waals surface area contributed by atoms with Crippen LogP contribution in [0.2, 0.25) is 5.02 Å². The van der Waals surface area contributed by atoms with Crippen LogP contribution in [0.1, 0.15) is 33.7 Å². The smallest absolute Gasteiger partial charge is 0.138 e. The first kappa shape index (κ1) is 14.9. The summed E-state index contributed by atoms with van der Waals surface area (Å²) in [5.74, 6) is 0.641. The molecule has 0 aliphatic rings. The molecule has 108 valence electrons. The van der Waals surface area contributed by atoms with Crippen LogP contribution >= 0.6 is 11.6 Å². The van der Waals surface area contributed by atoms with Gasteiger partial charge in [0.05, 0.1) is 24.4 Å². The van der Waals surface area contributed by atoms with E-state index in [1.54, 1.807) is 7.11 Å². The maximum atomic E-state index is 6.03. The van der Waals surface area contributed by atoms with Gasteiger partial charge in [0.25, 0.3) is 0 Å². The molecule has 0 radical (unpaired) electrons. The molecule has 2 aromatic rings. The molecular formula is C15H20ClN3O. The van der Waals surface area contributed by atoms with Crippen molar-refractivity contribution < 1.29 is 4.74 Å². The molecular weight excluding hydrogens is 274 g/mol. The van der Waals surface area contributed by atoms with Gasteiger partial charge in [-0.2, -0.15) is 0 Å². The van der Waals surface area contributed by atoms with Crippen molar-refractivity contribution >= 4 is 11.6 Å². The van der Waals surface area contributed by atoms with Crippen molar-refractivity contribution in [3.8, 4) is 17.0 Å². The van der Waals surface area contributed by atoms with Gasteiger partial charge in [0.15, 0.2) is 0 Å². The lowest BCUT2D eigenvalue weighted by molar-refractivity contribution is 0.241. The number of ether oxygens (including phenoxy) is 1. The van der Waals surface area contributed by atoms with Crippen LogP contribution in [0.5, 0.6) is 5.75 Å². The standard InChI is InChI=1S/C15H20ClN3O/c1-10(15(2,3)4)19-9-13(17-18-19)11-6-7-12(16)14(8-11)20-5/h6-10H,1-5H3/t10-/m1/s1. The fraction of sp³-hybridized carbons (Fsp3) is 0.467. The lowest BCUT2D eigenvalue weighted by Crippen LogP contribution is -2.21. The predicted molar refractivity (Wildman–Crippen MR) is 81.2 cm³/mol. The monoisotopic (exact) mass is 293 g/mol. The zero-order valence-electron chi connectivity index (χ0n) is 12.5. The Kier molecular flexibility index (Phi) is 4.04. The molecule has 0 N–H and O–H groups in total. The Bertz CT molecular complexity index is 601. The van der Waals surface area contributed by atoms with Gasteiger partial charge < -0.3 is 4.74 Å². The van der Waals surface area contributed by atoms with Crippen LogP contribution in [0, 0.1) is 5.41 Å². The Balaban J connectivity index is 2.34. The number of hydrogen-bond acceptors (Lipinski definition) is 3. The summed E-state index contributed by atoms with van der Waals surface area (Å²) in [6.45, 7) is 8.69. The zero-order valence-corrected chi connectivity index (χ0v) is 13.3. The fourth-order valence-corrected chi connectivity index (χ4v) is 2.01. The number of nitrogens with zero attached hydrogens (tertiary/aromatic N) is 3. The largest absolute Gasteiger partial charge is 0.495 e. The number of methoxy groups -OCH3 is 1. The van der Waals surface area contributed by atoms with Crippen LogP contribution in [-0.2, 0) is 0 Å². The third kappa shape index (κ3) is 2.96. The summed E-state index contributed by atoms with van der Waals surface area (Å²) in [5.41, 5.74) is 1.89. The lowest BCUT2D eigenvalue weighted by Gasteiger charge is -2.26. The van der Waals surface area contributed by atoms with E-state index in [-0.39, 0.29) is 11.5 Å². The van der Waals surface area contributed by atoms with Gasteiger partial charge in [-0.1, -0.05) is 43.7 Å². The molecule has 2 rings (SSSR count). The van der Waals surface area contributed by atoms with Crippen molar-refractivity contribution in [2.75, 3.05) is 7.11 Å². The van der Waals surface area contributed by atoms with Gasteiger partial charge in [-0.3, -0.25) is 0 Å². The SMILES string of the molecule is COc1cc(-c2cn([C@H](C)C(C)(C)C)nn2)ccc1Cl. The van der Waals surface area contributed by atoms with Crippen LogP contribution in [0.3, 0.4) is 0 Å². The van der Waals surface area contributed by atoms with Gasteiger partial charge >= 0.3 is 0 Å². The van der Waals surface area contributed by atoms with Gasteiger partial charge in [-0.25, -0.2) is 4.68 Å². The van der Waals surface area contributed by atoms with E-state index in [1.165, 1.54) is 0 Å². The molecule has 1 atom stereocenters. The Morgan fingerprint density at radius 2 is 2.00 bits per heavy atom. The summed E-state index contributed by atoms with van der Waals surface area (Å²) in [6, 6.07) is 5.86. The molecule has 5 heteroatoms. The Morgan fingerprint density at radius 1 is 1.30 bits per heavy atom. The van der Waals surface area contributed by atoms with Crippen molar-refractivity contribution in [3.63, 3.8) is 0 Å². The molecule has 1 aromatic carbocycles. The van der Waals surface area contributed by atoms with E-state index in [0.717, 1.165) is 11.3 Å². The second-order valence-corrected chi connectivity index (χ2v) is 6.38. The molecule has 0 aliphatic carbocycles. The summed E-state index contributed by atoms with van der Waals surface area (Å²) in [7, 11) is 1.60. The first-order valence-corrected chi connectivity index (χ1v) is 6.96. The number of hydrogen-bond donors (Lipinski definition) is 0. The average molecular weight is 294 g/mol. The molecule has 4 nitrogen and oxygen atoms in total. The van der Waals surface area contributed by atoms with Crippen LogP contribution in [0.25, 0.3) is 11.3 Å². The van der Waals surface area contributed by atoms with E-state index in [4.69, 9.17) is 16.3 Å². The highest BCUT2D eigenvalue weighted by molar-refractivity contribution is 6.32. The molecule has 0 spiro atoms.